The van der Waals surface area contributed by atoms with E-state index in [1.807, 2.05) is 25.1 Å². The van der Waals surface area contributed by atoms with Gasteiger partial charge in [0, 0.05) is 35.1 Å². The van der Waals surface area contributed by atoms with Crippen molar-refractivity contribution < 1.29 is 4.74 Å². The highest BCUT2D eigenvalue weighted by Gasteiger charge is 2.15. The van der Waals surface area contributed by atoms with E-state index in [4.69, 9.17) is 4.74 Å². The second-order valence-corrected chi connectivity index (χ2v) is 6.68. The Morgan fingerprint density at radius 2 is 2.13 bits per heavy atom. The smallest absolute Gasteiger partial charge is 0.229 e. The van der Waals surface area contributed by atoms with E-state index in [1.54, 1.807) is 0 Å². The Balaban J connectivity index is 1.70. The molecule has 1 atom stereocenters. The van der Waals surface area contributed by atoms with E-state index in [1.165, 1.54) is 5.56 Å². The Labute approximate surface area is 145 Å². The first kappa shape index (κ1) is 16.2. The van der Waals surface area contributed by atoms with Gasteiger partial charge in [0.05, 0.1) is 6.10 Å². The summed E-state index contributed by atoms with van der Waals surface area (Å²) >= 11 is 3.54. The van der Waals surface area contributed by atoms with Crippen molar-refractivity contribution in [2.75, 3.05) is 23.8 Å². The zero-order valence-electron chi connectivity index (χ0n) is 13.4. The Morgan fingerprint density at radius 1 is 1.26 bits per heavy atom. The van der Waals surface area contributed by atoms with Gasteiger partial charge >= 0.3 is 0 Å². The molecule has 2 N–H and O–H groups in total. The average molecular weight is 377 g/mol. The third kappa shape index (κ3) is 4.42. The molecule has 122 valence electrons. The molecule has 0 aliphatic carbocycles. The fourth-order valence-electron chi connectivity index (χ4n) is 2.54. The van der Waals surface area contributed by atoms with E-state index in [0.717, 1.165) is 47.7 Å². The molecule has 1 unspecified atom stereocenters. The molecule has 5 nitrogen and oxygen atoms in total. The number of nitrogens with zero attached hydrogens (tertiary/aromatic N) is 2. The Bertz CT molecular complexity index is 686. The first-order valence-corrected chi connectivity index (χ1v) is 8.64. The van der Waals surface area contributed by atoms with Gasteiger partial charge in [-0.3, -0.25) is 0 Å². The molecule has 1 fully saturated rings. The van der Waals surface area contributed by atoms with E-state index >= 15 is 0 Å². The minimum atomic E-state index is 0.287. The summed E-state index contributed by atoms with van der Waals surface area (Å²) in [5.74, 6) is 1.41. The highest BCUT2D eigenvalue weighted by molar-refractivity contribution is 9.10. The number of aromatic nitrogens is 2. The standard InChI is InChI=1S/C17H21BrN4O/c1-11-5-6-13(9-15(11)18)21-17-20-12(2)8-16(22-17)19-10-14-4-3-7-23-14/h5-6,8-9,14H,3-4,7,10H2,1-2H3,(H2,19,20,21,22). The molecular formula is C17H21BrN4O. The molecule has 0 amide bonds. The number of benzene rings is 1. The molecular weight excluding hydrogens is 356 g/mol. The highest BCUT2D eigenvalue weighted by atomic mass is 79.9. The van der Waals surface area contributed by atoms with Crippen molar-refractivity contribution in [1.29, 1.82) is 0 Å². The lowest BCUT2D eigenvalue weighted by molar-refractivity contribution is 0.120. The van der Waals surface area contributed by atoms with Crippen LogP contribution in [0.2, 0.25) is 0 Å². The summed E-state index contributed by atoms with van der Waals surface area (Å²) in [6.45, 7) is 5.68. The number of rotatable bonds is 5. The maximum atomic E-state index is 5.63. The van der Waals surface area contributed by atoms with Gasteiger partial charge in [-0.05, 0) is 44.4 Å². The summed E-state index contributed by atoms with van der Waals surface area (Å²) in [5.41, 5.74) is 3.07. The van der Waals surface area contributed by atoms with Gasteiger partial charge < -0.3 is 15.4 Å². The summed E-state index contributed by atoms with van der Waals surface area (Å²) in [5, 5.41) is 6.61. The molecule has 2 aromatic rings. The molecule has 0 radical (unpaired) electrons. The molecule has 0 saturated carbocycles. The lowest BCUT2D eigenvalue weighted by Crippen LogP contribution is -2.19. The van der Waals surface area contributed by atoms with Crippen LogP contribution in [0.5, 0.6) is 0 Å². The Morgan fingerprint density at radius 3 is 2.87 bits per heavy atom. The number of halogens is 1. The SMILES string of the molecule is Cc1cc(NCC2CCCO2)nc(Nc2ccc(C)c(Br)c2)n1. The van der Waals surface area contributed by atoms with Crippen LogP contribution in [-0.2, 0) is 4.74 Å². The lowest BCUT2D eigenvalue weighted by Gasteiger charge is -2.13. The van der Waals surface area contributed by atoms with Crippen molar-refractivity contribution in [3.05, 3.63) is 40.0 Å². The molecule has 3 rings (SSSR count). The second kappa shape index (κ2) is 7.27. The average Bonchev–Trinajstić information content (AvgIpc) is 3.02. The molecule has 0 bridgehead atoms. The van der Waals surface area contributed by atoms with Crippen LogP contribution in [0, 0.1) is 13.8 Å². The van der Waals surface area contributed by atoms with E-state index in [0.29, 0.717) is 5.95 Å². The maximum absolute atomic E-state index is 5.63. The van der Waals surface area contributed by atoms with Crippen molar-refractivity contribution in [3.8, 4) is 0 Å². The minimum absolute atomic E-state index is 0.287. The van der Waals surface area contributed by atoms with Gasteiger partial charge in [-0.15, -0.1) is 0 Å². The van der Waals surface area contributed by atoms with Crippen molar-refractivity contribution in [2.24, 2.45) is 0 Å². The van der Waals surface area contributed by atoms with Gasteiger partial charge in [-0.1, -0.05) is 22.0 Å². The fourth-order valence-corrected chi connectivity index (χ4v) is 2.92. The maximum Gasteiger partial charge on any atom is 0.229 e. The predicted molar refractivity (Wildman–Crippen MR) is 96.4 cm³/mol. The van der Waals surface area contributed by atoms with Gasteiger partial charge in [-0.25, -0.2) is 4.98 Å². The van der Waals surface area contributed by atoms with Gasteiger partial charge in [0.25, 0.3) is 0 Å². The Hall–Kier alpha value is -1.66. The third-order valence-corrected chi connectivity index (χ3v) is 4.67. The summed E-state index contributed by atoms with van der Waals surface area (Å²) in [4.78, 5) is 8.99. The Kier molecular flexibility index (Phi) is 5.13. The normalized spacial score (nSPS) is 17.3. The highest BCUT2D eigenvalue weighted by Crippen LogP contribution is 2.23. The number of ether oxygens (including phenoxy) is 1. The second-order valence-electron chi connectivity index (χ2n) is 5.82. The van der Waals surface area contributed by atoms with Crippen LogP contribution in [0.15, 0.2) is 28.7 Å². The largest absolute Gasteiger partial charge is 0.376 e. The van der Waals surface area contributed by atoms with E-state index < -0.39 is 0 Å². The molecule has 1 aromatic heterocycles. The van der Waals surface area contributed by atoms with E-state index in [2.05, 4.69) is 49.5 Å². The summed E-state index contributed by atoms with van der Waals surface area (Å²) in [6.07, 6.45) is 2.54. The van der Waals surface area contributed by atoms with Crippen LogP contribution in [0.1, 0.15) is 24.1 Å². The monoisotopic (exact) mass is 376 g/mol. The molecule has 1 aromatic carbocycles. The van der Waals surface area contributed by atoms with Gasteiger partial charge in [-0.2, -0.15) is 4.98 Å². The number of aryl methyl sites for hydroxylation is 2. The first-order valence-electron chi connectivity index (χ1n) is 7.84. The van der Waals surface area contributed by atoms with Crippen molar-refractivity contribution in [3.63, 3.8) is 0 Å². The molecule has 2 heterocycles. The molecule has 6 heteroatoms. The van der Waals surface area contributed by atoms with Crippen molar-refractivity contribution in [2.45, 2.75) is 32.8 Å². The number of nitrogens with one attached hydrogen (secondary N) is 2. The summed E-state index contributed by atoms with van der Waals surface area (Å²) in [7, 11) is 0. The summed E-state index contributed by atoms with van der Waals surface area (Å²) in [6, 6.07) is 8.05. The number of hydrogen-bond acceptors (Lipinski definition) is 5. The number of hydrogen-bond donors (Lipinski definition) is 2. The van der Waals surface area contributed by atoms with Gasteiger partial charge in [0.1, 0.15) is 5.82 Å². The van der Waals surface area contributed by atoms with E-state index in [-0.39, 0.29) is 6.10 Å². The molecule has 23 heavy (non-hydrogen) atoms. The first-order chi connectivity index (χ1) is 11.1. The van der Waals surface area contributed by atoms with Crippen LogP contribution in [0.4, 0.5) is 17.5 Å². The van der Waals surface area contributed by atoms with Crippen LogP contribution in [0.3, 0.4) is 0 Å². The molecule has 1 saturated heterocycles. The van der Waals surface area contributed by atoms with Crippen LogP contribution in [-0.4, -0.2) is 29.2 Å². The molecule has 1 aliphatic rings. The topological polar surface area (TPSA) is 59.1 Å². The fraction of sp³-hybridized carbons (Fsp3) is 0.412. The molecule has 1 aliphatic heterocycles. The quantitative estimate of drug-likeness (QED) is 0.818. The zero-order chi connectivity index (χ0) is 16.2. The third-order valence-electron chi connectivity index (χ3n) is 3.82. The van der Waals surface area contributed by atoms with Gasteiger partial charge in [0.15, 0.2) is 0 Å². The van der Waals surface area contributed by atoms with E-state index in [9.17, 15) is 0 Å². The van der Waals surface area contributed by atoms with Crippen LogP contribution in [0.25, 0.3) is 0 Å². The zero-order valence-corrected chi connectivity index (χ0v) is 15.0. The van der Waals surface area contributed by atoms with Crippen molar-refractivity contribution in [1.82, 2.24) is 9.97 Å². The predicted octanol–water partition coefficient (Wildman–Crippen LogP) is 4.19. The lowest BCUT2D eigenvalue weighted by atomic mass is 10.2. The summed E-state index contributed by atoms with van der Waals surface area (Å²) < 4.78 is 6.69. The van der Waals surface area contributed by atoms with Crippen LogP contribution < -0.4 is 10.6 Å². The van der Waals surface area contributed by atoms with Crippen molar-refractivity contribution >= 4 is 33.4 Å². The van der Waals surface area contributed by atoms with Gasteiger partial charge in [0.2, 0.25) is 5.95 Å². The van der Waals surface area contributed by atoms with Crippen LogP contribution >= 0.6 is 15.9 Å². The molecule has 0 spiro atoms. The minimum Gasteiger partial charge on any atom is -0.376 e. The number of anilines is 3.